The molecule has 1 rings (SSSR count). The first-order valence-corrected chi connectivity index (χ1v) is 6.00. The second kappa shape index (κ2) is 7.22. The van der Waals surface area contributed by atoms with E-state index in [9.17, 15) is 18.8 Å². The zero-order valence-electron chi connectivity index (χ0n) is 10.9. The van der Waals surface area contributed by atoms with Crippen LogP contribution in [0.3, 0.4) is 0 Å². The van der Waals surface area contributed by atoms with E-state index in [0.29, 0.717) is 0 Å². The van der Waals surface area contributed by atoms with Crippen molar-refractivity contribution in [1.82, 2.24) is 10.6 Å². The maximum atomic E-state index is 13.3. The largest absolute Gasteiger partial charge is 0.480 e. The van der Waals surface area contributed by atoms with E-state index in [1.165, 1.54) is 18.2 Å². The Hall–Kier alpha value is -2.44. The number of benzene rings is 1. The third-order valence-electron chi connectivity index (χ3n) is 2.57. The second-order valence-electron chi connectivity index (χ2n) is 4.03. The summed E-state index contributed by atoms with van der Waals surface area (Å²) in [4.78, 5) is 33.8. The van der Waals surface area contributed by atoms with Crippen LogP contribution in [0.25, 0.3) is 0 Å². The third kappa shape index (κ3) is 4.34. The number of carboxylic acids is 1. The molecular weight excluding hydrogens is 267 g/mol. The first kappa shape index (κ1) is 15.6. The number of carboxylic acid groups (broad SMARTS) is 1. The van der Waals surface area contributed by atoms with Crippen LogP contribution >= 0.6 is 0 Å². The van der Waals surface area contributed by atoms with Gasteiger partial charge in [-0.3, -0.25) is 9.59 Å². The van der Waals surface area contributed by atoms with E-state index in [1.54, 1.807) is 6.92 Å². The number of nitrogens with one attached hydrogen (secondary N) is 2. The fourth-order valence-corrected chi connectivity index (χ4v) is 1.48. The Kier molecular flexibility index (Phi) is 5.64. The molecule has 0 heterocycles. The summed E-state index contributed by atoms with van der Waals surface area (Å²) in [5, 5.41) is 13.2. The number of halogens is 1. The molecule has 3 N–H and O–H groups in total. The standard InChI is InChI=1S/C13H15FN2O4/c1-2-10(13(19)20)16-11(17)7-15-12(18)8-5-3-4-6-9(8)14/h3-6,10H,2,7H2,1H3,(H,15,18)(H,16,17)(H,19,20). The summed E-state index contributed by atoms with van der Waals surface area (Å²) in [5.41, 5.74) is -0.175. The van der Waals surface area contributed by atoms with Gasteiger partial charge in [-0.05, 0) is 18.6 Å². The van der Waals surface area contributed by atoms with Gasteiger partial charge in [-0.25, -0.2) is 9.18 Å². The molecule has 0 aliphatic carbocycles. The lowest BCUT2D eigenvalue weighted by molar-refractivity contribution is -0.141. The molecule has 2 amide bonds. The summed E-state index contributed by atoms with van der Waals surface area (Å²) in [6.45, 7) is 1.19. The van der Waals surface area contributed by atoms with Crippen LogP contribution in [0.5, 0.6) is 0 Å². The minimum Gasteiger partial charge on any atom is -0.480 e. The zero-order valence-corrected chi connectivity index (χ0v) is 10.9. The maximum Gasteiger partial charge on any atom is 0.326 e. The van der Waals surface area contributed by atoms with Gasteiger partial charge < -0.3 is 15.7 Å². The van der Waals surface area contributed by atoms with Gasteiger partial charge in [0.1, 0.15) is 11.9 Å². The molecule has 108 valence electrons. The summed E-state index contributed by atoms with van der Waals surface area (Å²) in [5.74, 6) is -3.23. The molecule has 0 aromatic heterocycles. The van der Waals surface area contributed by atoms with Gasteiger partial charge in [0.25, 0.3) is 5.91 Å². The lowest BCUT2D eigenvalue weighted by atomic mass is 10.2. The molecular formula is C13H15FN2O4. The number of amides is 2. The highest BCUT2D eigenvalue weighted by Crippen LogP contribution is 2.05. The molecule has 20 heavy (non-hydrogen) atoms. The number of hydrogen-bond donors (Lipinski definition) is 3. The normalized spacial score (nSPS) is 11.5. The quantitative estimate of drug-likeness (QED) is 0.709. The van der Waals surface area contributed by atoms with Crippen LogP contribution in [0, 0.1) is 5.82 Å². The Morgan fingerprint density at radius 1 is 1.30 bits per heavy atom. The van der Waals surface area contributed by atoms with Gasteiger partial charge in [-0.2, -0.15) is 0 Å². The molecule has 0 saturated heterocycles. The molecule has 7 heteroatoms. The molecule has 1 aromatic carbocycles. The van der Waals surface area contributed by atoms with Crippen molar-refractivity contribution in [3.05, 3.63) is 35.6 Å². The predicted octanol–water partition coefficient (Wildman–Crippen LogP) is 0.535. The van der Waals surface area contributed by atoms with E-state index in [2.05, 4.69) is 10.6 Å². The smallest absolute Gasteiger partial charge is 0.326 e. The molecule has 0 radical (unpaired) electrons. The van der Waals surface area contributed by atoms with Gasteiger partial charge in [-0.15, -0.1) is 0 Å². The van der Waals surface area contributed by atoms with Crippen LogP contribution in [0.2, 0.25) is 0 Å². The molecule has 0 spiro atoms. The first-order valence-electron chi connectivity index (χ1n) is 6.00. The lowest BCUT2D eigenvalue weighted by Gasteiger charge is -2.12. The Bertz CT molecular complexity index is 519. The molecule has 6 nitrogen and oxygen atoms in total. The SMILES string of the molecule is CCC(NC(=O)CNC(=O)c1ccccc1F)C(=O)O. The van der Waals surface area contributed by atoms with Crippen LogP contribution in [0.4, 0.5) is 4.39 Å². The molecule has 0 aliphatic rings. The van der Waals surface area contributed by atoms with Crippen LogP contribution in [-0.2, 0) is 9.59 Å². The van der Waals surface area contributed by atoms with Crippen LogP contribution in [-0.4, -0.2) is 35.5 Å². The summed E-state index contributed by atoms with van der Waals surface area (Å²) >= 11 is 0. The first-order chi connectivity index (χ1) is 9.45. The number of carbonyl (C=O) groups excluding carboxylic acids is 2. The van der Waals surface area contributed by atoms with Crippen molar-refractivity contribution in [3.8, 4) is 0 Å². The van der Waals surface area contributed by atoms with Gasteiger partial charge >= 0.3 is 5.97 Å². The van der Waals surface area contributed by atoms with Crippen molar-refractivity contribution in [2.24, 2.45) is 0 Å². The monoisotopic (exact) mass is 282 g/mol. The van der Waals surface area contributed by atoms with E-state index in [4.69, 9.17) is 5.11 Å². The van der Waals surface area contributed by atoms with Gasteiger partial charge in [0.15, 0.2) is 0 Å². The number of aliphatic carboxylic acids is 1. The van der Waals surface area contributed by atoms with Gasteiger partial charge in [0.2, 0.25) is 5.91 Å². The Labute approximate surface area is 115 Å². The fourth-order valence-electron chi connectivity index (χ4n) is 1.48. The van der Waals surface area contributed by atoms with Crippen molar-refractivity contribution >= 4 is 17.8 Å². The molecule has 0 bridgehead atoms. The van der Waals surface area contributed by atoms with Crippen molar-refractivity contribution < 1.29 is 23.9 Å². The minimum absolute atomic E-state index is 0.175. The van der Waals surface area contributed by atoms with Crippen molar-refractivity contribution in [3.63, 3.8) is 0 Å². The Morgan fingerprint density at radius 2 is 1.95 bits per heavy atom. The van der Waals surface area contributed by atoms with Crippen LogP contribution in [0.15, 0.2) is 24.3 Å². The van der Waals surface area contributed by atoms with E-state index < -0.39 is 36.2 Å². The van der Waals surface area contributed by atoms with Crippen LogP contribution < -0.4 is 10.6 Å². The van der Waals surface area contributed by atoms with E-state index in [0.717, 1.165) is 6.07 Å². The zero-order chi connectivity index (χ0) is 15.1. The average Bonchev–Trinajstić information content (AvgIpc) is 2.42. The fraction of sp³-hybridized carbons (Fsp3) is 0.308. The van der Waals surface area contributed by atoms with E-state index in [1.807, 2.05) is 0 Å². The molecule has 0 saturated carbocycles. The number of rotatable bonds is 6. The van der Waals surface area contributed by atoms with Gasteiger partial charge in [0.05, 0.1) is 12.1 Å². The summed E-state index contributed by atoms with van der Waals surface area (Å²) in [6, 6.07) is 4.35. The Morgan fingerprint density at radius 3 is 2.50 bits per heavy atom. The highest BCUT2D eigenvalue weighted by atomic mass is 19.1. The molecule has 1 unspecified atom stereocenters. The van der Waals surface area contributed by atoms with Gasteiger partial charge in [0, 0.05) is 0 Å². The molecule has 1 aromatic rings. The van der Waals surface area contributed by atoms with Crippen molar-refractivity contribution in [2.45, 2.75) is 19.4 Å². The summed E-state index contributed by atoms with van der Waals surface area (Å²) in [7, 11) is 0. The van der Waals surface area contributed by atoms with E-state index >= 15 is 0 Å². The molecule has 1 atom stereocenters. The lowest BCUT2D eigenvalue weighted by Crippen LogP contribution is -2.45. The topological polar surface area (TPSA) is 95.5 Å². The summed E-state index contributed by atoms with van der Waals surface area (Å²) < 4.78 is 13.3. The predicted molar refractivity (Wildman–Crippen MR) is 68.6 cm³/mol. The number of carbonyl (C=O) groups is 3. The van der Waals surface area contributed by atoms with Gasteiger partial charge in [-0.1, -0.05) is 19.1 Å². The minimum atomic E-state index is -1.15. The average molecular weight is 282 g/mol. The van der Waals surface area contributed by atoms with Crippen molar-refractivity contribution in [2.75, 3.05) is 6.54 Å². The number of hydrogen-bond acceptors (Lipinski definition) is 3. The molecule has 0 fully saturated rings. The highest BCUT2D eigenvalue weighted by molar-refractivity contribution is 5.97. The third-order valence-corrected chi connectivity index (χ3v) is 2.57. The van der Waals surface area contributed by atoms with Crippen molar-refractivity contribution in [1.29, 1.82) is 0 Å². The highest BCUT2D eigenvalue weighted by Gasteiger charge is 2.18. The maximum absolute atomic E-state index is 13.3. The Balaban J connectivity index is 2.51. The van der Waals surface area contributed by atoms with Crippen LogP contribution in [0.1, 0.15) is 23.7 Å². The molecule has 0 aliphatic heterocycles. The summed E-state index contributed by atoms with van der Waals surface area (Å²) in [6.07, 6.45) is 0.225. The second-order valence-corrected chi connectivity index (χ2v) is 4.03. The van der Waals surface area contributed by atoms with E-state index in [-0.39, 0.29) is 12.0 Å².